The maximum Gasteiger partial charge on any atom is 0.336 e. The first-order valence-electron chi connectivity index (χ1n) is 5.70. The molecule has 1 aliphatic rings. The van der Waals surface area contributed by atoms with E-state index < -0.39 is 10.3 Å². The third-order valence-electron chi connectivity index (χ3n) is 3.08. The topological polar surface area (TPSA) is 68.5 Å². The normalized spacial score (nSPS) is 27.4. The number of hydrogen-bond acceptors (Lipinski definition) is 4. The van der Waals surface area contributed by atoms with Gasteiger partial charge in [-0.2, -0.15) is 13.1 Å². The average Bonchev–Trinajstić information content (AvgIpc) is 2.76. The summed E-state index contributed by atoms with van der Waals surface area (Å²) in [6.07, 6.45) is 0. The largest absolute Gasteiger partial charge is 0.459 e. The molecule has 5 nitrogen and oxygen atoms in total. The molecule has 1 saturated heterocycles. The van der Waals surface area contributed by atoms with Crippen LogP contribution in [0.3, 0.4) is 0 Å². The van der Waals surface area contributed by atoms with Gasteiger partial charge in [0, 0.05) is 11.3 Å². The van der Waals surface area contributed by atoms with Crippen molar-refractivity contribution in [1.29, 1.82) is 0 Å². The number of nitrogens with one attached hydrogen (secondary N) is 1. The second-order valence-electron chi connectivity index (χ2n) is 4.50. The van der Waals surface area contributed by atoms with Crippen molar-refractivity contribution in [2.24, 2.45) is 5.92 Å². The quantitative estimate of drug-likeness (QED) is 0.857. The maximum absolute atomic E-state index is 11.4. The van der Waals surface area contributed by atoms with Gasteiger partial charge in [0.1, 0.15) is 11.3 Å². The molecule has 1 fully saturated rings. The molecule has 1 N–H and O–H groups in total. The lowest BCUT2D eigenvalue weighted by Crippen LogP contribution is -2.41. The second-order valence-corrected chi connectivity index (χ2v) is 5.88. The smallest absolute Gasteiger partial charge is 0.336 e. The van der Waals surface area contributed by atoms with E-state index in [-0.39, 0.29) is 18.6 Å². The standard InChI is InChI=1S/C12H13NO4S/c1-8-7-16-18(14,15)13-12(8)11-6-9-4-2-3-5-10(9)17-11/h2-6,8,12-13H,7H2,1H3/t8-,12-/m1/s1. The zero-order valence-electron chi connectivity index (χ0n) is 9.79. The minimum Gasteiger partial charge on any atom is -0.459 e. The summed E-state index contributed by atoms with van der Waals surface area (Å²) in [5, 5.41) is 0.963. The van der Waals surface area contributed by atoms with Crippen molar-refractivity contribution < 1.29 is 17.0 Å². The van der Waals surface area contributed by atoms with E-state index >= 15 is 0 Å². The summed E-state index contributed by atoms with van der Waals surface area (Å²) in [5.41, 5.74) is 0.755. The molecule has 0 saturated carbocycles. The van der Waals surface area contributed by atoms with Gasteiger partial charge in [-0.3, -0.25) is 4.18 Å². The summed E-state index contributed by atoms with van der Waals surface area (Å²) in [4.78, 5) is 0. The van der Waals surface area contributed by atoms with Crippen molar-refractivity contribution in [3.63, 3.8) is 0 Å². The van der Waals surface area contributed by atoms with Gasteiger partial charge in [-0.15, -0.1) is 0 Å². The molecule has 0 aliphatic carbocycles. The highest BCUT2D eigenvalue weighted by atomic mass is 32.2. The minimum atomic E-state index is -3.66. The van der Waals surface area contributed by atoms with Crippen LogP contribution >= 0.6 is 0 Å². The van der Waals surface area contributed by atoms with Crippen LogP contribution < -0.4 is 4.72 Å². The van der Waals surface area contributed by atoms with E-state index in [0.717, 1.165) is 11.0 Å². The second kappa shape index (κ2) is 4.08. The van der Waals surface area contributed by atoms with E-state index in [0.29, 0.717) is 5.76 Å². The van der Waals surface area contributed by atoms with Crippen molar-refractivity contribution in [3.8, 4) is 0 Å². The molecule has 1 aliphatic heterocycles. The van der Waals surface area contributed by atoms with Crippen LogP contribution in [0.4, 0.5) is 0 Å². The Morgan fingerprint density at radius 1 is 1.33 bits per heavy atom. The summed E-state index contributed by atoms with van der Waals surface area (Å²) in [5.74, 6) is 0.643. The van der Waals surface area contributed by atoms with Gasteiger partial charge in [-0.1, -0.05) is 25.1 Å². The third kappa shape index (κ3) is 2.03. The number of rotatable bonds is 1. The van der Waals surface area contributed by atoms with E-state index in [1.807, 2.05) is 37.3 Å². The number of hydrogen-bond donors (Lipinski definition) is 1. The predicted octanol–water partition coefficient (Wildman–Crippen LogP) is 1.97. The van der Waals surface area contributed by atoms with Crippen LogP contribution in [0.5, 0.6) is 0 Å². The van der Waals surface area contributed by atoms with Gasteiger partial charge in [-0.05, 0) is 12.1 Å². The van der Waals surface area contributed by atoms with Gasteiger partial charge in [-0.25, -0.2) is 0 Å². The van der Waals surface area contributed by atoms with Crippen LogP contribution in [0.15, 0.2) is 34.7 Å². The molecule has 18 heavy (non-hydrogen) atoms. The first-order valence-corrected chi connectivity index (χ1v) is 7.11. The molecule has 2 heterocycles. The highest BCUT2D eigenvalue weighted by Crippen LogP contribution is 2.31. The van der Waals surface area contributed by atoms with Gasteiger partial charge in [0.25, 0.3) is 0 Å². The maximum atomic E-state index is 11.4. The Balaban J connectivity index is 2.02. The zero-order valence-corrected chi connectivity index (χ0v) is 10.6. The third-order valence-corrected chi connectivity index (χ3v) is 4.07. The molecule has 1 aromatic heterocycles. The van der Waals surface area contributed by atoms with E-state index in [1.165, 1.54) is 0 Å². The Morgan fingerprint density at radius 3 is 2.89 bits per heavy atom. The van der Waals surface area contributed by atoms with Crippen LogP contribution in [0.1, 0.15) is 18.7 Å². The van der Waals surface area contributed by atoms with E-state index in [9.17, 15) is 8.42 Å². The van der Waals surface area contributed by atoms with Gasteiger partial charge >= 0.3 is 10.3 Å². The number of fused-ring (bicyclic) bond motifs is 1. The molecule has 6 heteroatoms. The summed E-state index contributed by atoms with van der Waals surface area (Å²) < 4.78 is 35.7. The molecule has 2 atom stereocenters. The number of furan rings is 1. The first-order chi connectivity index (χ1) is 8.55. The lowest BCUT2D eigenvalue weighted by atomic mass is 10.0. The highest BCUT2D eigenvalue weighted by Gasteiger charge is 2.33. The molecule has 0 spiro atoms. The molecular weight excluding hydrogens is 254 g/mol. The Kier molecular flexibility index (Phi) is 2.65. The summed E-state index contributed by atoms with van der Waals surface area (Å²) in [7, 11) is -3.66. The van der Waals surface area contributed by atoms with Crippen molar-refractivity contribution in [2.75, 3.05) is 6.61 Å². The van der Waals surface area contributed by atoms with E-state index in [4.69, 9.17) is 8.60 Å². The van der Waals surface area contributed by atoms with Crippen LogP contribution in [0.2, 0.25) is 0 Å². The lowest BCUT2D eigenvalue weighted by Gasteiger charge is -2.27. The fourth-order valence-electron chi connectivity index (χ4n) is 2.09. The molecule has 2 aromatic rings. The molecule has 0 amide bonds. The zero-order chi connectivity index (χ0) is 12.8. The monoisotopic (exact) mass is 267 g/mol. The van der Waals surface area contributed by atoms with Crippen molar-refractivity contribution in [2.45, 2.75) is 13.0 Å². The summed E-state index contributed by atoms with van der Waals surface area (Å²) in [6, 6.07) is 9.07. The Morgan fingerprint density at radius 2 is 2.11 bits per heavy atom. The molecule has 3 rings (SSSR count). The lowest BCUT2D eigenvalue weighted by molar-refractivity contribution is 0.186. The highest BCUT2D eigenvalue weighted by molar-refractivity contribution is 7.84. The predicted molar refractivity (Wildman–Crippen MR) is 66.1 cm³/mol. The fourth-order valence-corrected chi connectivity index (χ4v) is 3.21. The Labute approximate surface area is 105 Å². The molecule has 0 radical (unpaired) electrons. The minimum absolute atomic E-state index is 0.0223. The van der Waals surface area contributed by atoms with Gasteiger partial charge in [0.15, 0.2) is 0 Å². The van der Waals surface area contributed by atoms with Crippen LogP contribution in [-0.4, -0.2) is 15.0 Å². The van der Waals surface area contributed by atoms with Gasteiger partial charge in [0.2, 0.25) is 0 Å². The van der Waals surface area contributed by atoms with E-state index in [1.54, 1.807) is 0 Å². The van der Waals surface area contributed by atoms with Crippen molar-refractivity contribution in [1.82, 2.24) is 4.72 Å². The van der Waals surface area contributed by atoms with Crippen LogP contribution in [0, 0.1) is 5.92 Å². The van der Waals surface area contributed by atoms with Crippen LogP contribution in [-0.2, 0) is 14.5 Å². The molecule has 1 aromatic carbocycles. The SMILES string of the molecule is C[C@@H]1COS(=O)(=O)N[C@H]1c1cc2ccccc2o1. The Bertz CT molecular complexity index is 643. The van der Waals surface area contributed by atoms with Gasteiger partial charge in [0.05, 0.1) is 12.6 Å². The average molecular weight is 267 g/mol. The van der Waals surface area contributed by atoms with Crippen LogP contribution in [0.25, 0.3) is 11.0 Å². The van der Waals surface area contributed by atoms with Crippen molar-refractivity contribution >= 4 is 21.3 Å². The fraction of sp³-hybridized carbons (Fsp3) is 0.333. The number of benzene rings is 1. The van der Waals surface area contributed by atoms with E-state index in [2.05, 4.69) is 4.72 Å². The molecule has 96 valence electrons. The Hall–Kier alpha value is -1.37. The molecule has 0 bridgehead atoms. The summed E-state index contributed by atoms with van der Waals surface area (Å²) >= 11 is 0. The first kappa shape index (κ1) is 11.7. The van der Waals surface area contributed by atoms with Gasteiger partial charge < -0.3 is 4.42 Å². The summed E-state index contributed by atoms with van der Waals surface area (Å²) in [6.45, 7) is 2.08. The van der Waals surface area contributed by atoms with Crippen molar-refractivity contribution in [3.05, 3.63) is 36.1 Å². The molecular formula is C12H13NO4S. The number of para-hydroxylation sites is 1. The molecule has 0 unspecified atom stereocenters.